The number of rotatable bonds is 3. The van der Waals surface area contributed by atoms with Gasteiger partial charge in [0.05, 0.1) is 5.69 Å². The van der Waals surface area contributed by atoms with Crippen molar-refractivity contribution in [2.24, 2.45) is 0 Å². The first-order valence-corrected chi connectivity index (χ1v) is 6.11. The molecule has 4 heteroatoms. The van der Waals surface area contributed by atoms with E-state index in [0.717, 1.165) is 11.3 Å². The molecule has 0 unspecified atom stereocenters. The van der Waals surface area contributed by atoms with Crippen molar-refractivity contribution in [3.8, 4) is 11.3 Å². The van der Waals surface area contributed by atoms with Crippen molar-refractivity contribution in [1.29, 1.82) is 0 Å². The SMILES string of the molecule is Fc1ccc(-c2ccc(/C=C/c3ccncn3)o2)cc1. The average molecular weight is 266 g/mol. The first kappa shape index (κ1) is 12.3. The Kier molecular flexibility index (Phi) is 3.37. The van der Waals surface area contributed by atoms with E-state index in [1.165, 1.54) is 18.5 Å². The van der Waals surface area contributed by atoms with Gasteiger partial charge in [-0.3, -0.25) is 0 Å². The van der Waals surface area contributed by atoms with Crippen molar-refractivity contribution in [2.45, 2.75) is 0 Å². The number of aromatic nitrogens is 2. The molecule has 0 saturated heterocycles. The van der Waals surface area contributed by atoms with Crippen molar-refractivity contribution in [2.75, 3.05) is 0 Å². The molecule has 0 saturated carbocycles. The van der Waals surface area contributed by atoms with Gasteiger partial charge < -0.3 is 4.42 Å². The highest BCUT2D eigenvalue weighted by atomic mass is 19.1. The van der Waals surface area contributed by atoms with Gasteiger partial charge in [0.15, 0.2) is 0 Å². The number of furan rings is 1. The van der Waals surface area contributed by atoms with Gasteiger partial charge in [-0.1, -0.05) is 0 Å². The Morgan fingerprint density at radius 3 is 2.55 bits per heavy atom. The van der Waals surface area contributed by atoms with E-state index in [4.69, 9.17) is 4.42 Å². The third-order valence-corrected chi connectivity index (χ3v) is 2.78. The summed E-state index contributed by atoms with van der Waals surface area (Å²) in [5.41, 5.74) is 1.65. The Morgan fingerprint density at radius 2 is 1.80 bits per heavy atom. The number of hydrogen-bond acceptors (Lipinski definition) is 3. The van der Waals surface area contributed by atoms with Crippen LogP contribution in [0, 0.1) is 5.82 Å². The molecule has 1 aromatic carbocycles. The van der Waals surface area contributed by atoms with Gasteiger partial charge in [0, 0.05) is 11.8 Å². The largest absolute Gasteiger partial charge is 0.457 e. The molecule has 3 nitrogen and oxygen atoms in total. The summed E-state index contributed by atoms with van der Waals surface area (Å²) in [5, 5.41) is 0. The minimum atomic E-state index is -0.260. The zero-order chi connectivity index (χ0) is 13.8. The van der Waals surface area contributed by atoms with E-state index < -0.39 is 0 Å². The third-order valence-electron chi connectivity index (χ3n) is 2.78. The van der Waals surface area contributed by atoms with Crippen LogP contribution in [0.5, 0.6) is 0 Å². The molecule has 0 aliphatic carbocycles. The lowest BCUT2D eigenvalue weighted by molar-refractivity contribution is 0.571. The summed E-state index contributed by atoms with van der Waals surface area (Å²) < 4.78 is 18.5. The van der Waals surface area contributed by atoms with E-state index >= 15 is 0 Å². The average Bonchev–Trinajstić information content (AvgIpc) is 2.96. The molecule has 0 aliphatic heterocycles. The summed E-state index contributed by atoms with van der Waals surface area (Å²) >= 11 is 0. The lowest BCUT2D eigenvalue weighted by Gasteiger charge is -1.95. The highest BCUT2D eigenvalue weighted by molar-refractivity contribution is 5.67. The molecule has 20 heavy (non-hydrogen) atoms. The number of benzene rings is 1. The Morgan fingerprint density at radius 1 is 0.950 bits per heavy atom. The standard InChI is InChI=1S/C16H11FN2O/c17-13-3-1-12(2-4-13)16-8-7-15(20-16)6-5-14-9-10-18-11-19-14/h1-11H/b6-5+. The molecule has 3 rings (SSSR count). The van der Waals surface area contributed by atoms with Crippen LogP contribution in [0.3, 0.4) is 0 Å². The number of nitrogens with zero attached hydrogens (tertiary/aromatic N) is 2. The second-order valence-electron chi connectivity index (χ2n) is 4.18. The highest BCUT2D eigenvalue weighted by Crippen LogP contribution is 2.23. The topological polar surface area (TPSA) is 38.9 Å². The summed E-state index contributed by atoms with van der Waals surface area (Å²) in [7, 11) is 0. The second-order valence-corrected chi connectivity index (χ2v) is 4.18. The Balaban J connectivity index is 1.80. The highest BCUT2D eigenvalue weighted by Gasteiger charge is 2.03. The van der Waals surface area contributed by atoms with Crippen LogP contribution < -0.4 is 0 Å². The lowest BCUT2D eigenvalue weighted by Crippen LogP contribution is -1.79. The first-order valence-electron chi connectivity index (χ1n) is 6.11. The van der Waals surface area contributed by atoms with Gasteiger partial charge in [0.1, 0.15) is 23.7 Å². The van der Waals surface area contributed by atoms with E-state index in [9.17, 15) is 4.39 Å². The fourth-order valence-corrected chi connectivity index (χ4v) is 1.78. The van der Waals surface area contributed by atoms with Gasteiger partial charge in [0.25, 0.3) is 0 Å². The number of halogens is 1. The maximum Gasteiger partial charge on any atom is 0.134 e. The summed E-state index contributed by atoms with van der Waals surface area (Å²) in [6, 6.07) is 11.7. The first-order chi connectivity index (χ1) is 9.81. The van der Waals surface area contributed by atoms with Crippen LogP contribution in [0.1, 0.15) is 11.5 Å². The van der Waals surface area contributed by atoms with Crippen LogP contribution in [0.4, 0.5) is 4.39 Å². The molecule has 98 valence electrons. The fraction of sp³-hybridized carbons (Fsp3) is 0. The minimum Gasteiger partial charge on any atom is -0.457 e. The summed E-state index contributed by atoms with van der Waals surface area (Å²) in [6.45, 7) is 0. The van der Waals surface area contributed by atoms with Gasteiger partial charge >= 0.3 is 0 Å². The smallest absolute Gasteiger partial charge is 0.134 e. The summed E-state index contributed by atoms with van der Waals surface area (Å²) in [4.78, 5) is 7.94. The summed E-state index contributed by atoms with van der Waals surface area (Å²) in [6.07, 6.45) is 6.84. The molecule has 0 radical (unpaired) electrons. The van der Waals surface area contributed by atoms with Crippen LogP contribution in [0.25, 0.3) is 23.5 Å². The molecule has 0 N–H and O–H groups in total. The van der Waals surface area contributed by atoms with Crippen LogP contribution in [-0.4, -0.2) is 9.97 Å². The van der Waals surface area contributed by atoms with Crippen molar-refractivity contribution < 1.29 is 8.81 Å². The van der Waals surface area contributed by atoms with Crippen molar-refractivity contribution in [3.63, 3.8) is 0 Å². The molecule has 0 bridgehead atoms. The van der Waals surface area contributed by atoms with E-state index in [1.54, 1.807) is 24.4 Å². The maximum absolute atomic E-state index is 12.9. The van der Waals surface area contributed by atoms with Crippen molar-refractivity contribution >= 4 is 12.2 Å². The monoisotopic (exact) mass is 266 g/mol. The molecule has 0 aliphatic rings. The van der Waals surface area contributed by atoms with Gasteiger partial charge in [-0.2, -0.15) is 0 Å². The second kappa shape index (κ2) is 5.48. The van der Waals surface area contributed by atoms with Crippen LogP contribution >= 0.6 is 0 Å². The van der Waals surface area contributed by atoms with Crippen LogP contribution in [-0.2, 0) is 0 Å². The molecule has 2 aromatic heterocycles. The molecule has 0 spiro atoms. The molecular weight excluding hydrogens is 255 g/mol. The van der Waals surface area contributed by atoms with E-state index in [0.29, 0.717) is 11.5 Å². The predicted molar refractivity (Wildman–Crippen MR) is 75.1 cm³/mol. The third kappa shape index (κ3) is 2.80. The normalized spacial score (nSPS) is 11.1. The van der Waals surface area contributed by atoms with Gasteiger partial charge in [-0.25, -0.2) is 14.4 Å². The van der Waals surface area contributed by atoms with E-state index in [-0.39, 0.29) is 5.82 Å². The zero-order valence-electron chi connectivity index (χ0n) is 10.5. The predicted octanol–water partition coefficient (Wildman–Crippen LogP) is 4.05. The molecule has 0 amide bonds. The Bertz CT molecular complexity index is 718. The van der Waals surface area contributed by atoms with Crippen LogP contribution in [0.15, 0.2) is 59.4 Å². The molecule has 0 fully saturated rings. The zero-order valence-corrected chi connectivity index (χ0v) is 10.5. The van der Waals surface area contributed by atoms with E-state index in [2.05, 4.69) is 9.97 Å². The Hall–Kier alpha value is -2.75. The van der Waals surface area contributed by atoms with Gasteiger partial charge in [0.2, 0.25) is 0 Å². The fourth-order valence-electron chi connectivity index (χ4n) is 1.78. The van der Waals surface area contributed by atoms with Gasteiger partial charge in [-0.05, 0) is 54.6 Å². The molecular formula is C16H11FN2O. The molecule has 2 heterocycles. The van der Waals surface area contributed by atoms with E-state index in [1.807, 2.05) is 24.3 Å². The quantitative estimate of drug-likeness (QED) is 0.718. The molecule has 0 atom stereocenters. The number of hydrogen-bond donors (Lipinski definition) is 0. The lowest BCUT2D eigenvalue weighted by atomic mass is 10.2. The minimum absolute atomic E-state index is 0.260. The van der Waals surface area contributed by atoms with Crippen LogP contribution in [0.2, 0.25) is 0 Å². The molecule has 3 aromatic rings. The van der Waals surface area contributed by atoms with Crippen molar-refractivity contribution in [1.82, 2.24) is 9.97 Å². The van der Waals surface area contributed by atoms with Crippen molar-refractivity contribution in [3.05, 3.63) is 72.3 Å². The maximum atomic E-state index is 12.9. The van der Waals surface area contributed by atoms with Gasteiger partial charge in [-0.15, -0.1) is 0 Å². The Labute approximate surface area is 115 Å². The summed E-state index contributed by atoms with van der Waals surface area (Å²) in [5.74, 6) is 1.15.